The number of amides is 3. The molecule has 0 unspecified atom stereocenters. The molecule has 5 heteroatoms. The Hall–Kier alpha value is -1.57. The van der Waals surface area contributed by atoms with Crippen LogP contribution in [0.3, 0.4) is 0 Å². The molecule has 1 rings (SSSR count). The summed E-state index contributed by atoms with van der Waals surface area (Å²) in [5.74, 6) is -0.278. The van der Waals surface area contributed by atoms with E-state index in [0.29, 0.717) is 19.4 Å². The zero-order valence-corrected chi connectivity index (χ0v) is 8.33. The lowest BCUT2D eigenvalue weighted by molar-refractivity contribution is -0.125. The maximum atomic E-state index is 11.3. The van der Waals surface area contributed by atoms with Crippen molar-refractivity contribution in [3.05, 3.63) is 0 Å². The number of rotatable bonds is 3. The van der Waals surface area contributed by atoms with Gasteiger partial charge in [0.05, 0.1) is 6.07 Å². The van der Waals surface area contributed by atoms with Gasteiger partial charge in [-0.15, -0.1) is 0 Å². The maximum Gasteiger partial charge on any atom is 0.324 e. The van der Waals surface area contributed by atoms with Gasteiger partial charge in [-0.2, -0.15) is 5.26 Å². The molecule has 0 aromatic rings. The molecule has 14 heavy (non-hydrogen) atoms. The molecule has 0 bridgehead atoms. The van der Waals surface area contributed by atoms with Crippen molar-refractivity contribution < 1.29 is 9.59 Å². The quantitative estimate of drug-likeness (QED) is 0.530. The molecule has 1 aliphatic heterocycles. The van der Waals surface area contributed by atoms with Crippen molar-refractivity contribution in [2.24, 2.45) is 0 Å². The van der Waals surface area contributed by atoms with E-state index in [4.69, 9.17) is 5.26 Å². The molecule has 0 aliphatic carbocycles. The zero-order valence-electron chi connectivity index (χ0n) is 8.33. The van der Waals surface area contributed by atoms with E-state index in [2.05, 4.69) is 5.32 Å². The first-order valence-corrected chi connectivity index (χ1v) is 4.50. The van der Waals surface area contributed by atoms with Crippen molar-refractivity contribution in [3.8, 4) is 6.07 Å². The van der Waals surface area contributed by atoms with Crippen LogP contribution >= 0.6 is 0 Å². The Kier molecular flexibility index (Phi) is 2.75. The smallest absolute Gasteiger partial charge is 0.310 e. The zero-order chi connectivity index (χ0) is 10.8. The Morgan fingerprint density at radius 3 is 2.57 bits per heavy atom. The lowest BCUT2D eigenvalue weighted by Gasteiger charge is -2.27. The summed E-state index contributed by atoms with van der Waals surface area (Å²) in [4.78, 5) is 24.1. The average Bonchev–Trinajstić information content (AvgIpc) is 2.28. The number of urea groups is 1. The molecule has 1 aliphatic rings. The van der Waals surface area contributed by atoms with Crippen LogP contribution < -0.4 is 5.32 Å². The highest BCUT2D eigenvalue weighted by Crippen LogP contribution is 2.20. The van der Waals surface area contributed by atoms with E-state index in [1.54, 1.807) is 13.8 Å². The summed E-state index contributed by atoms with van der Waals surface area (Å²) in [6.45, 7) is 3.83. The summed E-state index contributed by atoms with van der Waals surface area (Å²) in [6.07, 6.45) is 0.995. The molecule has 76 valence electrons. The molecular formula is C9H13N3O2. The number of hydrogen-bond acceptors (Lipinski definition) is 3. The Bertz CT molecular complexity index is 304. The molecule has 0 saturated carbocycles. The van der Waals surface area contributed by atoms with E-state index in [9.17, 15) is 9.59 Å². The van der Waals surface area contributed by atoms with Crippen LogP contribution in [0.25, 0.3) is 0 Å². The Morgan fingerprint density at radius 1 is 1.50 bits per heavy atom. The van der Waals surface area contributed by atoms with E-state index in [1.165, 1.54) is 4.90 Å². The second kappa shape index (κ2) is 3.66. The normalized spacial score (nSPS) is 19.4. The predicted molar refractivity (Wildman–Crippen MR) is 49.2 cm³/mol. The van der Waals surface area contributed by atoms with Gasteiger partial charge in [0.15, 0.2) is 0 Å². The van der Waals surface area contributed by atoms with Crippen molar-refractivity contribution in [1.29, 1.82) is 5.26 Å². The maximum absolute atomic E-state index is 11.3. The summed E-state index contributed by atoms with van der Waals surface area (Å²) in [5.41, 5.74) is -0.785. The highest BCUT2D eigenvalue weighted by atomic mass is 16.2. The van der Waals surface area contributed by atoms with Gasteiger partial charge in [0, 0.05) is 13.0 Å². The summed E-state index contributed by atoms with van der Waals surface area (Å²) in [7, 11) is 0. The molecule has 0 radical (unpaired) electrons. The van der Waals surface area contributed by atoms with E-state index < -0.39 is 5.54 Å². The standard InChI is InChI=1S/C9H13N3O2/c1-9(2)7(13)11-8(14)12(9)6-4-3-5-10/h3-4,6H2,1-2H3,(H,11,13,14). The number of nitrogens with one attached hydrogen (secondary N) is 1. The first-order valence-electron chi connectivity index (χ1n) is 4.50. The van der Waals surface area contributed by atoms with Crippen molar-refractivity contribution in [1.82, 2.24) is 10.2 Å². The molecule has 0 spiro atoms. The van der Waals surface area contributed by atoms with Gasteiger partial charge in [0.1, 0.15) is 5.54 Å². The van der Waals surface area contributed by atoms with Crippen molar-refractivity contribution >= 4 is 11.9 Å². The summed E-state index contributed by atoms with van der Waals surface area (Å²) in [6, 6.07) is 1.64. The fourth-order valence-electron chi connectivity index (χ4n) is 1.39. The van der Waals surface area contributed by atoms with E-state index in [-0.39, 0.29) is 11.9 Å². The van der Waals surface area contributed by atoms with Crippen LogP contribution in [0.4, 0.5) is 4.79 Å². The van der Waals surface area contributed by atoms with Crippen LogP contribution in [0.5, 0.6) is 0 Å². The lowest BCUT2D eigenvalue weighted by Crippen LogP contribution is -2.44. The second-order valence-electron chi connectivity index (χ2n) is 3.73. The third kappa shape index (κ3) is 1.69. The molecular weight excluding hydrogens is 182 g/mol. The van der Waals surface area contributed by atoms with E-state index in [0.717, 1.165) is 0 Å². The van der Waals surface area contributed by atoms with Crippen molar-refractivity contribution in [2.75, 3.05) is 6.54 Å². The number of unbranched alkanes of at least 4 members (excludes halogenated alkanes) is 1. The summed E-state index contributed by atoms with van der Waals surface area (Å²) < 4.78 is 0. The average molecular weight is 195 g/mol. The van der Waals surface area contributed by atoms with Crippen molar-refractivity contribution in [2.45, 2.75) is 32.2 Å². The molecule has 0 atom stereocenters. The highest BCUT2D eigenvalue weighted by Gasteiger charge is 2.44. The van der Waals surface area contributed by atoms with Crippen LogP contribution in [0.2, 0.25) is 0 Å². The first kappa shape index (κ1) is 10.5. The van der Waals surface area contributed by atoms with E-state index in [1.807, 2.05) is 6.07 Å². The van der Waals surface area contributed by atoms with Gasteiger partial charge in [-0.25, -0.2) is 4.79 Å². The third-order valence-electron chi connectivity index (χ3n) is 2.37. The predicted octanol–water partition coefficient (Wildman–Crippen LogP) is 0.621. The fraction of sp³-hybridized carbons (Fsp3) is 0.667. The van der Waals surface area contributed by atoms with Crippen LogP contribution in [0.1, 0.15) is 26.7 Å². The monoisotopic (exact) mass is 195 g/mol. The largest absolute Gasteiger partial charge is 0.324 e. The van der Waals surface area contributed by atoms with Gasteiger partial charge >= 0.3 is 6.03 Å². The minimum Gasteiger partial charge on any atom is -0.310 e. The first-order chi connectivity index (χ1) is 6.50. The highest BCUT2D eigenvalue weighted by molar-refractivity contribution is 6.06. The molecule has 1 N–H and O–H groups in total. The molecule has 5 nitrogen and oxygen atoms in total. The number of carbonyl (C=O) groups excluding carboxylic acids is 2. The SMILES string of the molecule is CC1(C)C(=O)NC(=O)N1CCCC#N. The van der Waals surface area contributed by atoms with Crippen LogP contribution in [0.15, 0.2) is 0 Å². The molecule has 1 heterocycles. The Balaban J connectivity index is 2.63. The van der Waals surface area contributed by atoms with Gasteiger partial charge in [0.2, 0.25) is 0 Å². The molecule has 0 aromatic heterocycles. The van der Waals surface area contributed by atoms with Crippen LogP contribution in [-0.2, 0) is 4.79 Å². The number of hydrogen-bond donors (Lipinski definition) is 1. The molecule has 0 aromatic carbocycles. The molecule has 1 fully saturated rings. The summed E-state index contributed by atoms with van der Waals surface area (Å²) in [5, 5.41) is 10.6. The number of carbonyl (C=O) groups is 2. The number of nitriles is 1. The third-order valence-corrected chi connectivity index (χ3v) is 2.37. The van der Waals surface area contributed by atoms with Crippen LogP contribution in [0, 0.1) is 11.3 Å². The van der Waals surface area contributed by atoms with Crippen molar-refractivity contribution in [3.63, 3.8) is 0 Å². The van der Waals surface area contributed by atoms with Gasteiger partial charge in [-0.05, 0) is 20.3 Å². The minimum absolute atomic E-state index is 0.278. The summed E-state index contributed by atoms with van der Waals surface area (Å²) >= 11 is 0. The van der Waals surface area contributed by atoms with Crippen LogP contribution in [-0.4, -0.2) is 28.9 Å². The van der Waals surface area contributed by atoms with Gasteiger partial charge < -0.3 is 4.90 Å². The van der Waals surface area contributed by atoms with Gasteiger partial charge in [0.25, 0.3) is 5.91 Å². The Morgan fingerprint density at radius 2 is 2.14 bits per heavy atom. The number of nitrogens with zero attached hydrogens (tertiary/aromatic N) is 2. The van der Waals surface area contributed by atoms with E-state index >= 15 is 0 Å². The second-order valence-corrected chi connectivity index (χ2v) is 3.73. The Labute approximate surface area is 82.7 Å². The molecule has 1 saturated heterocycles. The molecule has 3 amide bonds. The number of imide groups is 1. The van der Waals surface area contributed by atoms with Gasteiger partial charge in [-0.1, -0.05) is 0 Å². The lowest BCUT2D eigenvalue weighted by atomic mass is 10.0. The topological polar surface area (TPSA) is 73.2 Å². The van der Waals surface area contributed by atoms with Gasteiger partial charge in [-0.3, -0.25) is 10.1 Å². The minimum atomic E-state index is -0.785. The fourth-order valence-corrected chi connectivity index (χ4v) is 1.39.